The van der Waals surface area contributed by atoms with E-state index in [2.05, 4.69) is 17.2 Å². The highest BCUT2D eigenvalue weighted by Gasteiger charge is 2.03. The molecule has 17 heavy (non-hydrogen) atoms. The Morgan fingerprint density at radius 1 is 1.41 bits per heavy atom. The molecule has 3 nitrogen and oxygen atoms in total. The maximum atomic E-state index is 5.86. The second-order valence-electron chi connectivity index (χ2n) is 3.95. The average Bonchev–Trinajstić information content (AvgIpc) is 2.79. The molecule has 0 radical (unpaired) electrons. The van der Waals surface area contributed by atoms with Gasteiger partial charge in [0.05, 0.1) is 6.54 Å². The van der Waals surface area contributed by atoms with Gasteiger partial charge in [0.2, 0.25) is 0 Å². The molecule has 1 heterocycles. The number of anilines is 2. The first kappa shape index (κ1) is 11.9. The molecule has 3 N–H and O–H groups in total. The van der Waals surface area contributed by atoms with Gasteiger partial charge in [-0.2, -0.15) is 0 Å². The molecule has 0 amide bonds. The van der Waals surface area contributed by atoms with Crippen LogP contribution in [0.1, 0.15) is 22.4 Å². The van der Waals surface area contributed by atoms with E-state index in [1.807, 2.05) is 31.3 Å². The zero-order valence-electron chi connectivity index (χ0n) is 10.2. The van der Waals surface area contributed by atoms with Gasteiger partial charge < -0.3 is 11.1 Å². The van der Waals surface area contributed by atoms with Crippen LogP contribution in [0.25, 0.3) is 0 Å². The third kappa shape index (κ3) is 2.77. The molecule has 1 aromatic carbocycles. The highest BCUT2D eigenvalue weighted by Crippen LogP contribution is 2.22. The standard InChI is InChI=1S/C13H17N3S/c1-3-10-7-16-13(17-10)8-15-12-6-4-5-11(14)9(12)2/h4-7,15H,3,8,14H2,1-2H3. The van der Waals surface area contributed by atoms with E-state index in [1.165, 1.54) is 4.88 Å². The van der Waals surface area contributed by atoms with Crippen LogP contribution in [0.3, 0.4) is 0 Å². The number of hydrogen-bond acceptors (Lipinski definition) is 4. The molecule has 1 aromatic heterocycles. The van der Waals surface area contributed by atoms with E-state index in [-0.39, 0.29) is 0 Å². The van der Waals surface area contributed by atoms with Gasteiger partial charge in [-0.3, -0.25) is 0 Å². The fourth-order valence-electron chi connectivity index (χ4n) is 1.61. The Balaban J connectivity index is 2.04. The van der Waals surface area contributed by atoms with Gasteiger partial charge in [-0.15, -0.1) is 11.3 Å². The van der Waals surface area contributed by atoms with Gasteiger partial charge in [0.1, 0.15) is 5.01 Å². The van der Waals surface area contributed by atoms with Crippen LogP contribution in [0.4, 0.5) is 11.4 Å². The number of aromatic nitrogens is 1. The molecule has 2 aromatic rings. The van der Waals surface area contributed by atoms with Crippen molar-refractivity contribution in [2.45, 2.75) is 26.8 Å². The lowest BCUT2D eigenvalue weighted by Gasteiger charge is -2.09. The topological polar surface area (TPSA) is 50.9 Å². The molecule has 0 saturated carbocycles. The molecule has 2 rings (SSSR count). The first-order valence-electron chi connectivity index (χ1n) is 5.73. The molecule has 0 aliphatic heterocycles. The minimum absolute atomic E-state index is 0.759. The molecule has 90 valence electrons. The predicted molar refractivity (Wildman–Crippen MR) is 74.4 cm³/mol. The van der Waals surface area contributed by atoms with Crippen LogP contribution in [-0.4, -0.2) is 4.98 Å². The summed E-state index contributed by atoms with van der Waals surface area (Å²) in [5.41, 5.74) is 8.86. The number of hydrogen-bond donors (Lipinski definition) is 2. The SMILES string of the molecule is CCc1cnc(CNc2cccc(N)c2C)s1. The molecule has 0 unspecified atom stereocenters. The molecule has 0 atom stereocenters. The van der Waals surface area contributed by atoms with Crippen molar-refractivity contribution in [1.29, 1.82) is 0 Å². The number of nitrogen functional groups attached to an aromatic ring is 1. The van der Waals surface area contributed by atoms with E-state index >= 15 is 0 Å². The smallest absolute Gasteiger partial charge is 0.112 e. The lowest BCUT2D eigenvalue weighted by atomic mass is 10.1. The minimum atomic E-state index is 0.759. The van der Waals surface area contributed by atoms with Crippen LogP contribution in [0, 0.1) is 6.92 Å². The van der Waals surface area contributed by atoms with Gasteiger partial charge in [0, 0.05) is 22.4 Å². The maximum absolute atomic E-state index is 5.86. The van der Waals surface area contributed by atoms with Crippen LogP contribution < -0.4 is 11.1 Å². The van der Waals surface area contributed by atoms with E-state index in [0.29, 0.717) is 0 Å². The summed E-state index contributed by atoms with van der Waals surface area (Å²) in [5, 5.41) is 4.49. The van der Waals surface area contributed by atoms with Crippen LogP contribution in [0.15, 0.2) is 24.4 Å². The molecule has 0 aliphatic rings. The predicted octanol–water partition coefficient (Wildman–Crippen LogP) is 3.21. The van der Waals surface area contributed by atoms with Gasteiger partial charge in [-0.25, -0.2) is 4.98 Å². The fraction of sp³-hybridized carbons (Fsp3) is 0.308. The van der Waals surface area contributed by atoms with E-state index < -0.39 is 0 Å². The molecule has 0 saturated heterocycles. The monoisotopic (exact) mass is 247 g/mol. The Morgan fingerprint density at radius 3 is 2.94 bits per heavy atom. The van der Waals surface area contributed by atoms with Crippen molar-refractivity contribution in [2.75, 3.05) is 11.1 Å². The number of thiazole rings is 1. The molecule has 0 fully saturated rings. The van der Waals surface area contributed by atoms with Crippen molar-refractivity contribution in [3.63, 3.8) is 0 Å². The first-order valence-corrected chi connectivity index (χ1v) is 6.55. The summed E-state index contributed by atoms with van der Waals surface area (Å²) >= 11 is 1.76. The van der Waals surface area contributed by atoms with E-state index in [9.17, 15) is 0 Å². The summed E-state index contributed by atoms with van der Waals surface area (Å²) in [6, 6.07) is 5.92. The number of nitrogens with zero attached hydrogens (tertiary/aromatic N) is 1. The summed E-state index contributed by atoms with van der Waals surface area (Å²) < 4.78 is 0. The van der Waals surface area contributed by atoms with E-state index in [1.54, 1.807) is 11.3 Å². The Labute approximate surface area is 106 Å². The van der Waals surface area contributed by atoms with E-state index in [0.717, 1.165) is 34.9 Å². The fourth-order valence-corrected chi connectivity index (χ4v) is 2.41. The lowest BCUT2D eigenvalue weighted by molar-refractivity contribution is 1.09. The summed E-state index contributed by atoms with van der Waals surface area (Å²) in [6.45, 7) is 4.93. The summed E-state index contributed by atoms with van der Waals surface area (Å²) in [5.74, 6) is 0. The van der Waals surface area contributed by atoms with Crippen molar-refractivity contribution in [3.05, 3.63) is 39.8 Å². The Morgan fingerprint density at radius 2 is 2.24 bits per heavy atom. The summed E-state index contributed by atoms with van der Waals surface area (Å²) in [6.07, 6.45) is 3.00. The number of benzene rings is 1. The van der Waals surface area contributed by atoms with Crippen LogP contribution in [-0.2, 0) is 13.0 Å². The van der Waals surface area contributed by atoms with Gasteiger partial charge in [0.25, 0.3) is 0 Å². The van der Waals surface area contributed by atoms with E-state index in [4.69, 9.17) is 5.73 Å². The van der Waals surface area contributed by atoms with Crippen LogP contribution >= 0.6 is 11.3 Å². The molecule has 0 bridgehead atoms. The number of aryl methyl sites for hydroxylation is 1. The Kier molecular flexibility index (Phi) is 3.64. The largest absolute Gasteiger partial charge is 0.398 e. The zero-order chi connectivity index (χ0) is 12.3. The molecular weight excluding hydrogens is 230 g/mol. The number of nitrogens with two attached hydrogens (primary N) is 1. The maximum Gasteiger partial charge on any atom is 0.112 e. The van der Waals surface area contributed by atoms with Crippen molar-refractivity contribution < 1.29 is 0 Å². The van der Waals surface area contributed by atoms with Crippen molar-refractivity contribution in [2.24, 2.45) is 0 Å². The van der Waals surface area contributed by atoms with Crippen LogP contribution in [0.2, 0.25) is 0 Å². The second kappa shape index (κ2) is 5.19. The Bertz CT molecular complexity index is 505. The third-order valence-corrected chi connectivity index (χ3v) is 3.90. The van der Waals surface area contributed by atoms with Gasteiger partial charge in [-0.1, -0.05) is 13.0 Å². The third-order valence-electron chi connectivity index (χ3n) is 2.76. The lowest BCUT2D eigenvalue weighted by Crippen LogP contribution is -2.02. The highest BCUT2D eigenvalue weighted by atomic mass is 32.1. The molecule has 0 aliphatic carbocycles. The minimum Gasteiger partial charge on any atom is -0.398 e. The van der Waals surface area contributed by atoms with Gasteiger partial charge >= 0.3 is 0 Å². The number of nitrogens with one attached hydrogen (secondary N) is 1. The second-order valence-corrected chi connectivity index (χ2v) is 5.15. The van der Waals surface area contributed by atoms with Crippen molar-refractivity contribution >= 4 is 22.7 Å². The highest BCUT2D eigenvalue weighted by molar-refractivity contribution is 7.11. The molecular formula is C13H17N3S. The normalized spacial score (nSPS) is 10.5. The average molecular weight is 247 g/mol. The van der Waals surface area contributed by atoms with Gasteiger partial charge in [-0.05, 0) is 31.0 Å². The zero-order valence-corrected chi connectivity index (χ0v) is 11.0. The van der Waals surface area contributed by atoms with Crippen molar-refractivity contribution in [1.82, 2.24) is 4.98 Å². The first-order chi connectivity index (χ1) is 8.20. The molecule has 4 heteroatoms. The number of rotatable bonds is 4. The molecule has 0 spiro atoms. The van der Waals surface area contributed by atoms with Crippen molar-refractivity contribution in [3.8, 4) is 0 Å². The van der Waals surface area contributed by atoms with Gasteiger partial charge in [0.15, 0.2) is 0 Å². The quantitative estimate of drug-likeness (QED) is 0.816. The Hall–Kier alpha value is -1.55. The van der Waals surface area contributed by atoms with Crippen LogP contribution in [0.5, 0.6) is 0 Å². The summed E-state index contributed by atoms with van der Waals surface area (Å²) in [4.78, 5) is 5.70. The summed E-state index contributed by atoms with van der Waals surface area (Å²) in [7, 11) is 0.